The number of para-hydroxylation sites is 2. The van der Waals surface area contributed by atoms with Crippen LogP contribution in [0.25, 0.3) is 33.5 Å². The van der Waals surface area contributed by atoms with Crippen molar-refractivity contribution < 1.29 is 4.74 Å². The summed E-state index contributed by atoms with van der Waals surface area (Å²) in [5.74, 6) is 1.39. The Morgan fingerprint density at radius 3 is 2.56 bits per heavy atom. The molecule has 0 aliphatic heterocycles. The largest absolute Gasteiger partial charge is 0.496 e. The number of imidazole rings is 1. The molecule has 120 valence electrons. The normalized spacial score (nSPS) is 11.6. The number of nitriles is 1. The Bertz CT molecular complexity index is 1120. The van der Waals surface area contributed by atoms with Crippen LogP contribution in [0.1, 0.15) is 11.4 Å². The molecule has 0 unspecified atom stereocenters. The van der Waals surface area contributed by atoms with E-state index in [1.54, 1.807) is 7.11 Å². The number of allylic oxidation sites excluding steroid dienone is 1. The molecule has 0 atom stereocenters. The van der Waals surface area contributed by atoms with Crippen LogP contribution in [0.5, 0.6) is 5.75 Å². The Morgan fingerprint density at radius 1 is 1.04 bits per heavy atom. The number of hydrogen-bond acceptors (Lipinski definition) is 3. The lowest BCUT2D eigenvalue weighted by Crippen LogP contribution is -1.89. The van der Waals surface area contributed by atoms with E-state index >= 15 is 0 Å². The molecule has 1 heterocycles. The van der Waals surface area contributed by atoms with Crippen molar-refractivity contribution in [1.29, 1.82) is 5.26 Å². The molecule has 0 aliphatic rings. The monoisotopic (exact) mass is 325 g/mol. The second-order valence-electron chi connectivity index (χ2n) is 5.68. The van der Waals surface area contributed by atoms with Crippen LogP contribution in [0.3, 0.4) is 0 Å². The molecule has 0 bridgehead atoms. The van der Waals surface area contributed by atoms with Gasteiger partial charge in [0.05, 0.1) is 23.7 Å². The lowest BCUT2D eigenvalue weighted by molar-refractivity contribution is 0.420. The summed E-state index contributed by atoms with van der Waals surface area (Å²) in [4.78, 5) is 7.73. The topological polar surface area (TPSA) is 61.7 Å². The van der Waals surface area contributed by atoms with Gasteiger partial charge in [0.15, 0.2) is 0 Å². The van der Waals surface area contributed by atoms with Gasteiger partial charge in [-0.05, 0) is 35.2 Å². The maximum Gasteiger partial charge on any atom is 0.149 e. The summed E-state index contributed by atoms with van der Waals surface area (Å²) in [6, 6.07) is 21.9. The summed E-state index contributed by atoms with van der Waals surface area (Å²) in [5.41, 5.74) is 3.21. The summed E-state index contributed by atoms with van der Waals surface area (Å²) in [5, 5.41) is 11.7. The molecule has 0 fully saturated rings. The van der Waals surface area contributed by atoms with E-state index in [2.05, 4.69) is 16.0 Å². The second kappa shape index (κ2) is 6.14. The lowest BCUT2D eigenvalue weighted by Gasteiger charge is -2.08. The molecule has 4 nitrogen and oxygen atoms in total. The van der Waals surface area contributed by atoms with Gasteiger partial charge in [-0.2, -0.15) is 5.26 Å². The van der Waals surface area contributed by atoms with Crippen LogP contribution in [-0.2, 0) is 0 Å². The third kappa shape index (κ3) is 2.62. The summed E-state index contributed by atoms with van der Waals surface area (Å²) < 4.78 is 5.43. The van der Waals surface area contributed by atoms with Crippen molar-refractivity contribution in [3.8, 4) is 11.8 Å². The number of hydrogen-bond donors (Lipinski definition) is 1. The van der Waals surface area contributed by atoms with E-state index < -0.39 is 0 Å². The van der Waals surface area contributed by atoms with Gasteiger partial charge in [-0.15, -0.1) is 0 Å². The van der Waals surface area contributed by atoms with Crippen LogP contribution < -0.4 is 4.74 Å². The number of methoxy groups -OCH3 is 1. The van der Waals surface area contributed by atoms with E-state index in [9.17, 15) is 5.26 Å². The fraction of sp³-hybridized carbons (Fsp3) is 0.0476. The maximum atomic E-state index is 9.64. The van der Waals surface area contributed by atoms with Crippen molar-refractivity contribution >= 4 is 33.5 Å². The van der Waals surface area contributed by atoms with Crippen LogP contribution in [0.4, 0.5) is 0 Å². The minimum Gasteiger partial charge on any atom is -0.496 e. The SMILES string of the molecule is COc1ccc(/C=C(\C#N)c2nc3ccccc3[nH]2)c2ccccc12. The minimum atomic E-state index is 0.492. The molecular formula is C21H15N3O. The van der Waals surface area contributed by atoms with E-state index in [0.717, 1.165) is 33.1 Å². The molecular weight excluding hydrogens is 310 g/mol. The number of nitrogens with zero attached hydrogens (tertiary/aromatic N) is 2. The maximum absolute atomic E-state index is 9.64. The highest BCUT2D eigenvalue weighted by molar-refractivity contribution is 6.00. The molecule has 0 saturated heterocycles. The molecule has 1 aromatic heterocycles. The van der Waals surface area contributed by atoms with Gasteiger partial charge in [0.1, 0.15) is 17.6 Å². The molecule has 0 aliphatic carbocycles. The quantitative estimate of drug-likeness (QED) is 0.551. The zero-order valence-electron chi connectivity index (χ0n) is 13.7. The summed E-state index contributed by atoms with van der Waals surface area (Å²) >= 11 is 0. The van der Waals surface area contributed by atoms with Crippen LogP contribution in [0, 0.1) is 11.3 Å². The molecule has 0 spiro atoms. The highest BCUT2D eigenvalue weighted by atomic mass is 16.5. The van der Waals surface area contributed by atoms with Gasteiger partial charge >= 0.3 is 0 Å². The molecule has 0 radical (unpaired) electrons. The fourth-order valence-electron chi connectivity index (χ4n) is 2.99. The number of aromatic nitrogens is 2. The van der Waals surface area contributed by atoms with Crippen molar-refractivity contribution in [3.63, 3.8) is 0 Å². The Balaban J connectivity index is 1.89. The molecule has 4 heteroatoms. The van der Waals surface area contributed by atoms with E-state index in [1.165, 1.54) is 0 Å². The first-order valence-corrected chi connectivity index (χ1v) is 7.93. The van der Waals surface area contributed by atoms with Crippen LogP contribution in [0.2, 0.25) is 0 Å². The lowest BCUT2D eigenvalue weighted by atomic mass is 10.0. The summed E-state index contributed by atoms with van der Waals surface area (Å²) in [6.07, 6.45) is 1.86. The van der Waals surface area contributed by atoms with E-state index in [1.807, 2.05) is 66.7 Å². The third-order valence-electron chi connectivity index (χ3n) is 4.20. The molecule has 0 amide bonds. The summed E-state index contributed by atoms with van der Waals surface area (Å²) in [6.45, 7) is 0. The number of benzene rings is 3. The van der Waals surface area contributed by atoms with Gasteiger partial charge in [-0.3, -0.25) is 0 Å². The third-order valence-corrected chi connectivity index (χ3v) is 4.20. The highest BCUT2D eigenvalue weighted by Gasteiger charge is 2.10. The molecule has 3 aromatic carbocycles. The highest BCUT2D eigenvalue weighted by Crippen LogP contribution is 2.30. The Hall–Kier alpha value is -3.58. The van der Waals surface area contributed by atoms with E-state index in [-0.39, 0.29) is 0 Å². The number of ether oxygens (including phenoxy) is 1. The number of nitrogens with one attached hydrogen (secondary N) is 1. The minimum absolute atomic E-state index is 0.492. The number of rotatable bonds is 3. The molecule has 4 aromatic rings. The fourth-order valence-corrected chi connectivity index (χ4v) is 2.99. The summed E-state index contributed by atoms with van der Waals surface area (Å²) in [7, 11) is 1.66. The Kier molecular flexibility index (Phi) is 3.68. The standard InChI is InChI=1S/C21H15N3O/c1-25-20-11-10-14(16-6-2-3-7-17(16)20)12-15(13-22)21-23-18-8-4-5-9-19(18)24-21/h2-12H,1H3,(H,23,24)/b15-12+. The predicted octanol–water partition coefficient (Wildman–Crippen LogP) is 4.79. The smallest absolute Gasteiger partial charge is 0.149 e. The average Bonchev–Trinajstić information content (AvgIpc) is 3.10. The number of aromatic amines is 1. The van der Waals surface area contributed by atoms with Gasteiger partial charge in [-0.1, -0.05) is 42.5 Å². The second-order valence-corrected chi connectivity index (χ2v) is 5.68. The van der Waals surface area contributed by atoms with Crippen LogP contribution >= 0.6 is 0 Å². The first-order valence-electron chi connectivity index (χ1n) is 7.93. The predicted molar refractivity (Wildman–Crippen MR) is 100 cm³/mol. The Labute approximate surface area is 145 Å². The number of fused-ring (bicyclic) bond motifs is 2. The van der Waals surface area contributed by atoms with E-state index in [0.29, 0.717) is 11.4 Å². The molecule has 4 rings (SSSR count). The van der Waals surface area contributed by atoms with Gasteiger partial charge in [0, 0.05) is 5.39 Å². The van der Waals surface area contributed by atoms with Crippen molar-refractivity contribution in [2.24, 2.45) is 0 Å². The van der Waals surface area contributed by atoms with Crippen molar-refractivity contribution in [1.82, 2.24) is 9.97 Å². The average molecular weight is 325 g/mol. The van der Waals surface area contributed by atoms with Gasteiger partial charge in [-0.25, -0.2) is 4.98 Å². The van der Waals surface area contributed by atoms with Crippen molar-refractivity contribution in [2.75, 3.05) is 7.11 Å². The van der Waals surface area contributed by atoms with Gasteiger partial charge in [0.25, 0.3) is 0 Å². The molecule has 0 saturated carbocycles. The van der Waals surface area contributed by atoms with Crippen molar-refractivity contribution in [2.45, 2.75) is 0 Å². The van der Waals surface area contributed by atoms with Gasteiger partial charge < -0.3 is 9.72 Å². The zero-order valence-corrected chi connectivity index (χ0v) is 13.7. The van der Waals surface area contributed by atoms with Crippen LogP contribution in [0.15, 0.2) is 60.7 Å². The van der Waals surface area contributed by atoms with Crippen molar-refractivity contribution in [3.05, 3.63) is 72.1 Å². The van der Waals surface area contributed by atoms with Crippen LogP contribution in [-0.4, -0.2) is 17.1 Å². The molecule has 1 N–H and O–H groups in total. The Morgan fingerprint density at radius 2 is 1.80 bits per heavy atom. The number of H-pyrrole nitrogens is 1. The first kappa shape index (κ1) is 15.0. The molecule has 25 heavy (non-hydrogen) atoms. The van der Waals surface area contributed by atoms with E-state index in [4.69, 9.17) is 4.74 Å². The first-order chi connectivity index (χ1) is 12.3. The van der Waals surface area contributed by atoms with Gasteiger partial charge in [0.2, 0.25) is 0 Å². The zero-order chi connectivity index (χ0) is 17.2.